The number of nitrogens with two attached hydrogens (primary N) is 1. The Morgan fingerprint density at radius 2 is 2.24 bits per heavy atom. The van der Waals surface area contributed by atoms with Crippen molar-refractivity contribution in [1.29, 1.82) is 0 Å². The first kappa shape index (κ1) is 13.7. The highest BCUT2D eigenvalue weighted by molar-refractivity contribution is 5.36. The average molecular weight is 238 g/mol. The molecule has 0 saturated carbocycles. The Kier molecular flexibility index (Phi) is 4.69. The molecule has 0 radical (unpaired) electrons. The third-order valence-electron chi connectivity index (χ3n) is 3.03. The van der Waals surface area contributed by atoms with Gasteiger partial charge in [0.25, 0.3) is 5.56 Å². The first-order valence-electron chi connectivity index (χ1n) is 6.11. The first-order valence-corrected chi connectivity index (χ1v) is 6.11. The van der Waals surface area contributed by atoms with Crippen LogP contribution in [-0.2, 0) is 6.42 Å². The number of hydrogen-bond donors (Lipinski definition) is 3. The first-order chi connectivity index (χ1) is 8.03. The van der Waals surface area contributed by atoms with Crippen molar-refractivity contribution in [3.8, 4) is 0 Å². The SMILES string of the molecule is CCc1nc(NC(C)(CC)CCN)cc(=O)[nH]1. The lowest BCUT2D eigenvalue weighted by Gasteiger charge is -2.29. The van der Waals surface area contributed by atoms with Gasteiger partial charge < -0.3 is 16.0 Å². The number of nitrogens with one attached hydrogen (secondary N) is 2. The standard InChI is InChI=1S/C12H22N4O/c1-4-9-14-10(8-11(17)15-9)16-12(3,5-2)6-7-13/h8H,4-7,13H2,1-3H3,(H2,14,15,16,17). The predicted molar refractivity (Wildman–Crippen MR) is 70.2 cm³/mol. The third kappa shape index (κ3) is 3.85. The lowest BCUT2D eigenvalue weighted by Crippen LogP contribution is -2.37. The molecule has 1 rings (SSSR count). The summed E-state index contributed by atoms with van der Waals surface area (Å²) in [5, 5.41) is 3.31. The molecule has 5 heteroatoms. The van der Waals surface area contributed by atoms with E-state index in [0.717, 1.165) is 12.8 Å². The Bertz CT molecular complexity index is 415. The molecule has 4 N–H and O–H groups in total. The second-order valence-electron chi connectivity index (χ2n) is 4.51. The van der Waals surface area contributed by atoms with Crippen molar-refractivity contribution >= 4 is 5.82 Å². The van der Waals surface area contributed by atoms with Crippen LogP contribution in [0.15, 0.2) is 10.9 Å². The zero-order valence-electron chi connectivity index (χ0n) is 10.8. The van der Waals surface area contributed by atoms with E-state index in [9.17, 15) is 4.79 Å². The van der Waals surface area contributed by atoms with Crippen molar-refractivity contribution in [2.75, 3.05) is 11.9 Å². The van der Waals surface area contributed by atoms with Gasteiger partial charge in [0, 0.05) is 18.0 Å². The predicted octanol–water partition coefficient (Wildman–Crippen LogP) is 1.26. The summed E-state index contributed by atoms with van der Waals surface area (Å²) in [4.78, 5) is 18.5. The van der Waals surface area contributed by atoms with E-state index in [-0.39, 0.29) is 11.1 Å². The van der Waals surface area contributed by atoms with Gasteiger partial charge in [-0.15, -0.1) is 0 Å². The topological polar surface area (TPSA) is 83.8 Å². The minimum atomic E-state index is -0.120. The van der Waals surface area contributed by atoms with Gasteiger partial charge in [-0.2, -0.15) is 0 Å². The molecule has 1 heterocycles. The highest BCUT2D eigenvalue weighted by Crippen LogP contribution is 2.19. The molecule has 0 amide bonds. The third-order valence-corrected chi connectivity index (χ3v) is 3.03. The summed E-state index contributed by atoms with van der Waals surface area (Å²) < 4.78 is 0. The summed E-state index contributed by atoms with van der Waals surface area (Å²) in [5.74, 6) is 1.33. The Balaban J connectivity index is 2.93. The van der Waals surface area contributed by atoms with Gasteiger partial charge in [0.15, 0.2) is 0 Å². The highest BCUT2D eigenvalue weighted by atomic mass is 16.1. The van der Waals surface area contributed by atoms with Gasteiger partial charge in [-0.25, -0.2) is 4.98 Å². The van der Waals surface area contributed by atoms with Crippen LogP contribution in [0.2, 0.25) is 0 Å². The number of hydrogen-bond acceptors (Lipinski definition) is 4. The van der Waals surface area contributed by atoms with E-state index in [4.69, 9.17) is 5.73 Å². The van der Waals surface area contributed by atoms with Gasteiger partial charge in [-0.1, -0.05) is 13.8 Å². The molecule has 0 spiro atoms. The highest BCUT2D eigenvalue weighted by Gasteiger charge is 2.21. The summed E-state index contributed by atoms with van der Waals surface area (Å²) in [6.07, 6.45) is 2.49. The number of anilines is 1. The monoisotopic (exact) mass is 238 g/mol. The zero-order valence-corrected chi connectivity index (χ0v) is 10.8. The molecule has 17 heavy (non-hydrogen) atoms. The van der Waals surface area contributed by atoms with Gasteiger partial charge in [0.2, 0.25) is 0 Å². The van der Waals surface area contributed by atoms with Crippen molar-refractivity contribution in [2.45, 2.75) is 45.6 Å². The summed E-state index contributed by atoms with van der Waals surface area (Å²) in [5.41, 5.74) is 5.37. The lowest BCUT2D eigenvalue weighted by molar-refractivity contribution is 0.461. The van der Waals surface area contributed by atoms with Gasteiger partial charge in [-0.3, -0.25) is 4.79 Å². The molecule has 0 bridgehead atoms. The summed E-state index contributed by atoms with van der Waals surface area (Å²) >= 11 is 0. The lowest BCUT2D eigenvalue weighted by atomic mass is 9.94. The molecule has 1 unspecified atom stereocenters. The van der Waals surface area contributed by atoms with E-state index >= 15 is 0 Å². The molecule has 1 atom stereocenters. The smallest absolute Gasteiger partial charge is 0.252 e. The molecule has 0 fully saturated rings. The van der Waals surface area contributed by atoms with E-state index in [1.54, 1.807) is 0 Å². The molecule has 1 aromatic heterocycles. The molecule has 0 aromatic carbocycles. The molecule has 0 aliphatic rings. The Morgan fingerprint density at radius 1 is 1.53 bits per heavy atom. The maximum atomic E-state index is 11.4. The van der Waals surface area contributed by atoms with Crippen LogP contribution in [-0.4, -0.2) is 22.1 Å². The summed E-state index contributed by atoms with van der Waals surface area (Å²) in [6.45, 7) is 6.76. The van der Waals surface area contributed by atoms with Crippen LogP contribution in [0.4, 0.5) is 5.82 Å². The molecule has 5 nitrogen and oxygen atoms in total. The molecule has 96 valence electrons. The van der Waals surface area contributed by atoms with Gasteiger partial charge >= 0.3 is 0 Å². The normalized spacial score (nSPS) is 14.4. The van der Waals surface area contributed by atoms with Gasteiger partial charge in [-0.05, 0) is 26.3 Å². The maximum absolute atomic E-state index is 11.4. The minimum Gasteiger partial charge on any atom is -0.365 e. The van der Waals surface area contributed by atoms with Gasteiger partial charge in [0.1, 0.15) is 11.6 Å². The van der Waals surface area contributed by atoms with Gasteiger partial charge in [0.05, 0.1) is 0 Å². The number of aryl methyl sites for hydroxylation is 1. The van der Waals surface area contributed by atoms with Crippen molar-refractivity contribution in [3.63, 3.8) is 0 Å². The fourth-order valence-corrected chi connectivity index (χ4v) is 1.69. The Morgan fingerprint density at radius 3 is 2.76 bits per heavy atom. The van der Waals surface area contributed by atoms with Crippen molar-refractivity contribution in [1.82, 2.24) is 9.97 Å². The van der Waals surface area contributed by atoms with E-state index in [2.05, 4.69) is 29.1 Å². The molecular formula is C12H22N4O. The number of nitrogens with zero attached hydrogens (tertiary/aromatic N) is 1. The van der Waals surface area contributed by atoms with E-state index in [0.29, 0.717) is 24.6 Å². The van der Waals surface area contributed by atoms with E-state index in [1.165, 1.54) is 6.07 Å². The summed E-state index contributed by atoms with van der Waals surface area (Å²) in [7, 11) is 0. The zero-order chi connectivity index (χ0) is 12.9. The second-order valence-corrected chi connectivity index (χ2v) is 4.51. The van der Waals surface area contributed by atoms with Crippen LogP contribution in [0.5, 0.6) is 0 Å². The number of H-pyrrole nitrogens is 1. The van der Waals surface area contributed by atoms with E-state index < -0.39 is 0 Å². The molecule has 1 aromatic rings. The van der Waals surface area contributed by atoms with E-state index in [1.807, 2.05) is 6.92 Å². The maximum Gasteiger partial charge on any atom is 0.252 e. The van der Waals surface area contributed by atoms with Crippen LogP contribution < -0.4 is 16.6 Å². The molecule has 0 aliphatic heterocycles. The molecule has 0 aliphatic carbocycles. The molecule has 0 saturated heterocycles. The number of rotatable bonds is 6. The fraction of sp³-hybridized carbons (Fsp3) is 0.667. The fourth-order valence-electron chi connectivity index (χ4n) is 1.69. The van der Waals surface area contributed by atoms with Crippen LogP contribution in [0, 0.1) is 0 Å². The Hall–Kier alpha value is -1.36. The second kappa shape index (κ2) is 5.82. The quantitative estimate of drug-likeness (QED) is 0.696. The molecular weight excluding hydrogens is 216 g/mol. The number of aromatic nitrogens is 2. The summed E-state index contributed by atoms with van der Waals surface area (Å²) in [6, 6.07) is 1.49. The van der Waals surface area contributed by atoms with Crippen molar-refractivity contribution in [2.24, 2.45) is 5.73 Å². The Labute approximate surface area is 102 Å². The van der Waals surface area contributed by atoms with Crippen LogP contribution >= 0.6 is 0 Å². The van der Waals surface area contributed by atoms with Crippen LogP contribution in [0.1, 0.15) is 39.4 Å². The largest absolute Gasteiger partial charge is 0.365 e. The van der Waals surface area contributed by atoms with Crippen LogP contribution in [0.3, 0.4) is 0 Å². The minimum absolute atomic E-state index is 0.111. The van der Waals surface area contributed by atoms with Crippen LogP contribution in [0.25, 0.3) is 0 Å². The van der Waals surface area contributed by atoms with Crippen molar-refractivity contribution in [3.05, 3.63) is 22.2 Å². The van der Waals surface area contributed by atoms with Crippen molar-refractivity contribution < 1.29 is 0 Å². The number of aromatic amines is 1. The average Bonchev–Trinajstić information content (AvgIpc) is 2.28.